The van der Waals surface area contributed by atoms with Gasteiger partial charge in [-0.25, -0.2) is 8.42 Å². The minimum Gasteiger partial charge on any atom is -0.481 e. The molecule has 0 fully saturated rings. The van der Waals surface area contributed by atoms with Gasteiger partial charge in [0.1, 0.15) is 5.75 Å². The lowest BCUT2D eigenvalue weighted by Gasteiger charge is -2.15. The molecule has 7 heteroatoms. The number of aryl methyl sites for hydroxylation is 2. The van der Waals surface area contributed by atoms with Crippen molar-refractivity contribution in [1.82, 2.24) is 0 Å². The maximum atomic E-state index is 12.6. The molecule has 0 aliphatic carbocycles. The number of para-hydroxylation sites is 1. The highest BCUT2D eigenvalue weighted by molar-refractivity contribution is 7.92. The summed E-state index contributed by atoms with van der Waals surface area (Å²) in [6.45, 7) is 5.43. The van der Waals surface area contributed by atoms with Gasteiger partial charge in [-0.1, -0.05) is 30.3 Å². The lowest BCUT2D eigenvalue weighted by molar-refractivity contribution is -0.122. The van der Waals surface area contributed by atoms with Crippen LogP contribution in [0.15, 0.2) is 77.7 Å². The van der Waals surface area contributed by atoms with Gasteiger partial charge in [-0.15, -0.1) is 0 Å². The van der Waals surface area contributed by atoms with Crippen molar-refractivity contribution in [3.05, 3.63) is 83.9 Å². The summed E-state index contributed by atoms with van der Waals surface area (Å²) in [7, 11) is -3.73. The molecule has 1 atom stereocenters. The van der Waals surface area contributed by atoms with Crippen molar-refractivity contribution in [2.24, 2.45) is 0 Å². The predicted octanol–water partition coefficient (Wildman–Crippen LogP) is 4.51. The molecule has 0 saturated heterocycles. The lowest BCUT2D eigenvalue weighted by atomic mass is 10.2. The Morgan fingerprint density at radius 3 is 2.30 bits per heavy atom. The number of ether oxygens (including phenoxy) is 1. The van der Waals surface area contributed by atoms with Crippen LogP contribution in [0.4, 0.5) is 11.4 Å². The highest BCUT2D eigenvalue weighted by atomic mass is 32.2. The zero-order chi connectivity index (χ0) is 21.7. The second kappa shape index (κ2) is 9.00. The van der Waals surface area contributed by atoms with Crippen molar-refractivity contribution in [1.29, 1.82) is 0 Å². The van der Waals surface area contributed by atoms with Gasteiger partial charge in [0.15, 0.2) is 6.10 Å². The van der Waals surface area contributed by atoms with Crippen LogP contribution < -0.4 is 14.8 Å². The topological polar surface area (TPSA) is 84.5 Å². The Bertz CT molecular complexity index is 1140. The third-order valence-electron chi connectivity index (χ3n) is 4.49. The molecule has 0 unspecified atom stereocenters. The third kappa shape index (κ3) is 5.39. The fourth-order valence-corrected chi connectivity index (χ4v) is 3.93. The van der Waals surface area contributed by atoms with Gasteiger partial charge < -0.3 is 10.1 Å². The van der Waals surface area contributed by atoms with E-state index in [2.05, 4.69) is 10.0 Å². The molecule has 6 nitrogen and oxygen atoms in total. The summed E-state index contributed by atoms with van der Waals surface area (Å²) in [6.07, 6.45) is -0.710. The van der Waals surface area contributed by atoms with Gasteiger partial charge in [-0.3, -0.25) is 9.52 Å². The molecule has 0 spiro atoms. The van der Waals surface area contributed by atoms with Crippen LogP contribution in [0, 0.1) is 13.8 Å². The molecule has 156 valence electrons. The normalized spacial score (nSPS) is 12.1. The Morgan fingerprint density at radius 1 is 0.933 bits per heavy atom. The fourth-order valence-electron chi connectivity index (χ4n) is 2.80. The first kappa shape index (κ1) is 21.4. The zero-order valence-electron chi connectivity index (χ0n) is 17.0. The first-order valence-corrected chi connectivity index (χ1v) is 11.0. The molecule has 0 bridgehead atoms. The van der Waals surface area contributed by atoms with E-state index in [0.717, 1.165) is 11.1 Å². The third-order valence-corrected chi connectivity index (χ3v) is 5.87. The van der Waals surface area contributed by atoms with Gasteiger partial charge in [0.25, 0.3) is 15.9 Å². The number of benzene rings is 3. The van der Waals surface area contributed by atoms with Crippen LogP contribution in [0.3, 0.4) is 0 Å². The number of anilines is 2. The molecule has 3 rings (SSSR count). The van der Waals surface area contributed by atoms with E-state index in [1.807, 2.05) is 44.2 Å². The van der Waals surface area contributed by atoms with E-state index >= 15 is 0 Å². The van der Waals surface area contributed by atoms with Crippen LogP contribution in [0.25, 0.3) is 0 Å². The van der Waals surface area contributed by atoms with Crippen LogP contribution >= 0.6 is 0 Å². The Morgan fingerprint density at radius 2 is 1.63 bits per heavy atom. The van der Waals surface area contributed by atoms with Gasteiger partial charge in [-0.05, 0) is 74.4 Å². The summed E-state index contributed by atoms with van der Waals surface area (Å²) in [4.78, 5) is 12.5. The molecule has 0 aliphatic rings. The molecule has 3 aromatic rings. The van der Waals surface area contributed by atoms with Gasteiger partial charge in [0.05, 0.1) is 10.6 Å². The average Bonchev–Trinajstić information content (AvgIpc) is 2.70. The Hall–Kier alpha value is -3.32. The zero-order valence-corrected chi connectivity index (χ0v) is 17.9. The summed E-state index contributed by atoms with van der Waals surface area (Å²) >= 11 is 0. The molecule has 30 heavy (non-hydrogen) atoms. The molecule has 0 aromatic heterocycles. The predicted molar refractivity (Wildman–Crippen MR) is 118 cm³/mol. The molecular weight excluding hydrogens is 400 g/mol. The average molecular weight is 425 g/mol. The minimum atomic E-state index is -3.73. The van der Waals surface area contributed by atoms with Gasteiger partial charge in [0, 0.05) is 5.69 Å². The van der Waals surface area contributed by atoms with E-state index in [0.29, 0.717) is 17.1 Å². The van der Waals surface area contributed by atoms with E-state index in [-0.39, 0.29) is 10.8 Å². The number of nitrogens with one attached hydrogen (secondary N) is 2. The van der Waals surface area contributed by atoms with Crippen molar-refractivity contribution in [3.63, 3.8) is 0 Å². The smallest absolute Gasteiger partial charge is 0.265 e. The van der Waals surface area contributed by atoms with Crippen molar-refractivity contribution in [2.75, 3.05) is 10.0 Å². The largest absolute Gasteiger partial charge is 0.481 e. The highest BCUT2D eigenvalue weighted by Crippen LogP contribution is 2.21. The van der Waals surface area contributed by atoms with Crippen LogP contribution in [0.5, 0.6) is 5.75 Å². The van der Waals surface area contributed by atoms with E-state index in [4.69, 9.17) is 4.74 Å². The number of sulfonamides is 1. The molecule has 0 heterocycles. The van der Waals surface area contributed by atoms with E-state index < -0.39 is 16.1 Å². The summed E-state index contributed by atoms with van der Waals surface area (Å²) in [6, 6.07) is 20.6. The maximum Gasteiger partial charge on any atom is 0.265 e. The van der Waals surface area contributed by atoms with Crippen LogP contribution in [0.1, 0.15) is 18.1 Å². The second-order valence-electron chi connectivity index (χ2n) is 7.01. The number of carbonyl (C=O) groups is 1. The quantitative estimate of drug-likeness (QED) is 0.584. The molecule has 3 aromatic carbocycles. The van der Waals surface area contributed by atoms with Crippen LogP contribution in [-0.4, -0.2) is 20.4 Å². The minimum absolute atomic E-state index is 0.104. The summed E-state index contributed by atoms with van der Waals surface area (Å²) in [5, 5.41) is 2.73. The number of hydrogen-bond donors (Lipinski definition) is 2. The van der Waals surface area contributed by atoms with Crippen molar-refractivity contribution in [2.45, 2.75) is 31.8 Å². The van der Waals surface area contributed by atoms with Gasteiger partial charge in [-0.2, -0.15) is 0 Å². The molecule has 0 aliphatic heterocycles. The summed E-state index contributed by atoms with van der Waals surface area (Å²) < 4.78 is 33.5. The molecular formula is C23H24N2O4S. The fraction of sp³-hybridized carbons (Fsp3) is 0.174. The first-order valence-electron chi connectivity index (χ1n) is 9.47. The maximum absolute atomic E-state index is 12.6. The summed E-state index contributed by atoms with van der Waals surface area (Å²) in [5.41, 5.74) is 2.87. The molecule has 0 saturated carbocycles. The Labute approximate surface area is 177 Å². The Balaban J connectivity index is 1.65. The second-order valence-corrected chi connectivity index (χ2v) is 8.69. The van der Waals surface area contributed by atoms with Crippen LogP contribution in [-0.2, 0) is 14.8 Å². The van der Waals surface area contributed by atoms with E-state index in [9.17, 15) is 13.2 Å². The number of carbonyl (C=O) groups excluding carboxylic acids is 1. The molecule has 0 radical (unpaired) electrons. The van der Waals surface area contributed by atoms with Gasteiger partial charge >= 0.3 is 0 Å². The monoisotopic (exact) mass is 424 g/mol. The van der Waals surface area contributed by atoms with Crippen molar-refractivity contribution >= 4 is 27.3 Å². The summed E-state index contributed by atoms with van der Waals surface area (Å²) in [5.74, 6) is 0.284. The number of hydrogen-bond acceptors (Lipinski definition) is 4. The van der Waals surface area contributed by atoms with Crippen molar-refractivity contribution < 1.29 is 17.9 Å². The SMILES string of the molecule is Cc1cccc(O[C@@H](C)C(=O)Nc2ccc(S(=O)(=O)Nc3ccccc3C)cc2)c1. The van der Waals surface area contributed by atoms with E-state index in [1.165, 1.54) is 12.1 Å². The molecule has 1 amide bonds. The Kier molecular flexibility index (Phi) is 6.42. The van der Waals surface area contributed by atoms with Crippen LogP contribution in [0.2, 0.25) is 0 Å². The lowest BCUT2D eigenvalue weighted by Crippen LogP contribution is -2.30. The standard InChI is InChI=1S/C23H24N2O4S/c1-16-7-6-9-20(15-16)29-18(3)23(26)24-19-11-13-21(14-12-19)30(27,28)25-22-10-5-4-8-17(22)2/h4-15,18,25H,1-3H3,(H,24,26)/t18-/m0/s1. The highest BCUT2D eigenvalue weighted by Gasteiger charge is 2.17. The van der Waals surface area contributed by atoms with Crippen molar-refractivity contribution in [3.8, 4) is 5.75 Å². The molecule has 2 N–H and O–H groups in total. The van der Waals surface area contributed by atoms with E-state index in [1.54, 1.807) is 37.3 Å². The number of rotatable bonds is 7. The first-order chi connectivity index (χ1) is 14.2. The number of amides is 1. The van der Waals surface area contributed by atoms with Gasteiger partial charge in [0.2, 0.25) is 0 Å².